The third-order valence-electron chi connectivity index (χ3n) is 3.79. The Balaban J connectivity index is -0.000000162. The van der Waals surface area contributed by atoms with E-state index in [1.165, 1.54) is 16.8 Å². The van der Waals surface area contributed by atoms with E-state index in [2.05, 4.69) is 86.0 Å². The quantitative estimate of drug-likeness (QED) is 0.420. The zero-order valence-corrected chi connectivity index (χ0v) is 22.3. The van der Waals surface area contributed by atoms with Gasteiger partial charge >= 0.3 is 0 Å². The van der Waals surface area contributed by atoms with Crippen molar-refractivity contribution >= 4 is 0 Å². The Morgan fingerprint density at radius 1 is 0.656 bits per heavy atom. The number of hydrogen-bond acceptors (Lipinski definition) is 2. The second-order valence-electron chi connectivity index (χ2n) is 6.91. The van der Waals surface area contributed by atoms with Crippen molar-refractivity contribution in [3.8, 4) is 0 Å². The Morgan fingerprint density at radius 2 is 1.16 bits per heavy atom. The maximum atomic E-state index is 3.89. The summed E-state index contributed by atoms with van der Waals surface area (Å²) in [7, 11) is 0. The molecule has 2 heterocycles. The highest BCUT2D eigenvalue weighted by atomic mass is 15.1. The highest BCUT2D eigenvalue weighted by Gasteiger charge is 1.96. The third-order valence-corrected chi connectivity index (χ3v) is 3.79. The van der Waals surface area contributed by atoms with Crippen molar-refractivity contribution in [2.45, 2.75) is 108 Å². The van der Waals surface area contributed by atoms with Crippen LogP contribution in [0, 0.1) is 0 Å². The van der Waals surface area contributed by atoms with Crippen molar-refractivity contribution in [1.82, 2.24) is 20.2 Å². The minimum absolute atomic E-state index is 0. The number of rotatable bonds is 3. The van der Waals surface area contributed by atoms with E-state index in [9.17, 15) is 0 Å². The van der Waals surface area contributed by atoms with E-state index in [0.717, 1.165) is 0 Å². The maximum absolute atomic E-state index is 3.89. The summed E-state index contributed by atoms with van der Waals surface area (Å²) in [5.41, 5.74) is 3.88. The molecular formula is C28H54N4. The highest BCUT2D eigenvalue weighted by molar-refractivity contribution is 5.17. The number of H-pyrrole nitrogens is 2. The van der Waals surface area contributed by atoms with Crippen LogP contribution in [0.1, 0.15) is 125 Å². The summed E-state index contributed by atoms with van der Waals surface area (Å²) < 4.78 is 0. The highest BCUT2D eigenvalue weighted by Crippen LogP contribution is 2.12. The number of imidazole rings is 1. The van der Waals surface area contributed by atoms with Gasteiger partial charge in [-0.25, -0.2) is 4.98 Å². The average molecular weight is 447 g/mol. The molecule has 1 aromatic carbocycles. The number of aromatic nitrogens is 4. The van der Waals surface area contributed by atoms with E-state index in [1.54, 1.807) is 6.33 Å². The Kier molecular flexibility index (Phi) is 30.8. The lowest BCUT2D eigenvalue weighted by Crippen LogP contribution is -1.84. The molecule has 0 aliphatic heterocycles. The number of hydrogen-bond donors (Lipinski definition) is 2. The first kappa shape index (κ1) is 37.0. The van der Waals surface area contributed by atoms with Crippen LogP contribution in [0.25, 0.3) is 0 Å². The minimum Gasteiger partial charge on any atom is -0.348 e. The van der Waals surface area contributed by atoms with Crippen LogP contribution in [0.3, 0.4) is 0 Å². The lowest BCUT2D eigenvalue weighted by atomic mass is 10.0. The summed E-state index contributed by atoms with van der Waals surface area (Å²) in [5.74, 6) is 1.82. The van der Waals surface area contributed by atoms with Gasteiger partial charge in [-0.15, -0.1) is 0 Å². The normalized spacial score (nSPS) is 8.59. The van der Waals surface area contributed by atoms with E-state index < -0.39 is 0 Å². The summed E-state index contributed by atoms with van der Waals surface area (Å²) in [6.45, 7) is 25.0. The van der Waals surface area contributed by atoms with Crippen LogP contribution in [-0.2, 0) is 0 Å². The summed E-state index contributed by atoms with van der Waals surface area (Å²) in [6.07, 6.45) is 7.33. The molecule has 3 aromatic rings. The van der Waals surface area contributed by atoms with Gasteiger partial charge in [-0.2, -0.15) is 5.10 Å². The van der Waals surface area contributed by atoms with Gasteiger partial charge in [0.1, 0.15) is 0 Å². The van der Waals surface area contributed by atoms with Crippen LogP contribution in [0.2, 0.25) is 0 Å². The van der Waals surface area contributed by atoms with E-state index >= 15 is 0 Å². The largest absolute Gasteiger partial charge is 0.348 e. The van der Waals surface area contributed by atoms with Crippen molar-refractivity contribution in [1.29, 1.82) is 0 Å². The summed E-state index contributed by atoms with van der Waals surface area (Å²) in [5, 5.41) is 6.58. The van der Waals surface area contributed by atoms with E-state index in [4.69, 9.17) is 0 Å². The van der Waals surface area contributed by atoms with Gasteiger partial charge in [0, 0.05) is 18.1 Å². The number of nitrogens with one attached hydrogen (secondary N) is 2. The van der Waals surface area contributed by atoms with Crippen LogP contribution < -0.4 is 0 Å². The molecule has 0 aliphatic carbocycles. The molecule has 0 bridgehead atoms. The predicted octanol–water partition coefficient (Wildman–Crippen LogP) is 9.59. The molecule has 32 heavy (non-hydrogen) atoms. The minimum atomic E-state index is 0. The average Bonchev–Trinajstić information content (AvgIpc) is 3.54. The molecule has 186 valence electrons. The fraction of sp³-hybridized carbons (Fsp3) is 0.571. The molecule has 0 amide bonds. The first-order valence-electron chi connectivity index (χ1n) is 11.9. The van der Waals surface area contributed by atoms with E-state index in [1.807, 2.05) is 66.2 Å². The molecule has 0 unspecified atom stereocenters. The Hall–Kier alpha value is -2.36. The van der Waals surface area contributed by atoms with Crippen LogP contribution in [0.15, 0.2) is 55.2 Å². The summed E-state index contributed by atoms with van der Waals surface area (Å²) >= 11 is 0. The van der Waals surface area contributed by atoms with Gasteiger partial charge in [-0.05, 0) is 28.9 Å². The summed E-state index contributed by atoms with van der Waals surface area (Å²) in [4.78, 5) is 6.91. The van der Waals surface area contributed by atoms with Gasteiger partial charge in [0.2, 0.25) is 0 Å². The first-order valence-corrected chi connectivity index (χ1v) is 11.9. The van der Waals surface area contributed by atoms with Crippen molar-refractivity contribution in [3.05, 3.63) is 72.1 Å². The van der Waals surface area contributed by atoms with Gasteiger partial charge in [0.05, 0.1) is 12.5 Å². The Labute approximate surface area is 200 Å². The molecule has 2 N–H and O–H groups in total. The molecule has 0 radical (unpaired) electrons. The predicted molar refractivity (Wildman–Crippen MR) is 147 cm³/mol. The molecule has 3 rings (SSSR count). The van der Waals surface area contributed by atoms with Gasteiger partial charge in [0.25, 0.3) is 0 Å². The molecule has 0 aliphatic rings. The first-order chi connectivity index (χ1) is 14.9. The van der Waals surface area contributed by atoms with Crippen molar-refractivity contribution < 1.29 is 0 Å². The number of nitrogens with zero attached hydrogens (tertiary/aromatic N) is 2. The molecule has 0 saturated carbocycles. The summed E-state index contributed by atoms with van der Waals surface area (Å²) in [6, 6.07) is 10.5. The SMILES string of the molecule is C.CC.CC.CC.CC(C)c1ccccc1.CC(C)c1cn[nH]c1.CC(C)c1cnc[nH]1. The zero-order chi connectivity index (χ0) is 24.7. The lowest BCUT2D eigenvalue weighted by Gasteiger charge is -2.01. The van der Waals surface area contributed by atoms with Gasteiger partial charge in [-0.1, -0.05) is 121 Å². The van der Waals surface area contributed by atoms with Crippen molar-refractivity contribution in [2.75, 3.05) is 0 Å². The topological polar surface area (TPSA) is 57.4 Å². The Bertz CT molecular complexity index is 602. The second kappa shape index (κ2) is 26.7. The zero-order valence-electron chi connectivity index (χ0n) is 22.3. The molecule has 0 saturated heterocycles. The second-order valence-corrected chi connectivity index (χ2v) is 6.91. The standard InChI is InChI=1S/C9H12.2C6H10N2.3C2H6.CH4/c1-8(2)9-6-4-3-5-7-9;1-5(2)6-3-7-4-8-6;1-5(2)6-3-7-8-4-6;3*1-2;/h3-8H,1-2H3;2*3-5H,1-2H3,(H,7,8);3*1-2H3;1H4. The molecule has 0 atom stereocenters. The van der Waals surface area contributed by atoms with Crippen LogP contribution in [-0.4, -0.2) is 20.2 Å². The molecular weight excluding hydrogens is 392 g/mol. The molecule has 0 fully saturated rings. The third kappa shape index (κ3) is 19.6. The molecule has 4 nitrogen and oxygen atoms in total. The van der Waals surface area contributed by atoms with Gasteiger partial charge < -0.3 is 4.98 Å². The lowest BCUT2D eigenvalue weighted by molar-refractivity contribution is 0.832. The fourth-order valence-corrected chi connectivity index (χ4v) is 2.00. The monoisotopic (exact) mass is 446 g/mol. The van der Waals surface area contributed by atoms with E-state index in [0.29, 0.717) is 17.8 Å². The van der Waals surface area contributed by atoms with Crippen LogP contribution >= 0.6 is 0 Å². The Morgan fingerprint density at radius 3 is 1.38 bits per heavy atom. The van der Waals surface area contributed by atoms with Crippen LogP contribution in [0.5, 0.6) is 0 Å². The van der Waals surface area contributed by atoms with Crippen molar-refractivity contribution in [2.24, 2.45) is 0 Å². The smallest absolute Gasteiger partial charge is 0.0921 e. The fourth-order valence-electron chi connectivity index (χ4n) is 2.00. The molecule has 2 aromatic heterocycles. The molecule has 4 heteroatoms. The maximum Gasteiger partial charge on any atom is 0.0921 e. The van der Waals surface area contributed by atoms with Gasteiger partial charge in [-0.3, -0.25) is 5.10 Å². The number of benzene rings is 1. The van der Waals surface area contributed by atoms with Crippen molar-refractivity contribution in [3.63, 3.8) is 0 Å². The number of aromatic amines is 2. The van der Waals surface area contributed by atoms with Gasteiger partial charge in [0.15, 0.2) is 0 Å². The molecule has 0 spiro atoms. The van der Waals surface area contributed by atoms with E-state index in [-0.39, 0.29) is 7.43 Å². The van der Waals surface area contributed by atoms with Crippen LogP contribution in [0.4, 0.5) is 0 Å².